The van der Waals surface area contributed by atoms with Crippen molar-refractivity contribution in [2.75, 3.05) is 30.7 Å². The molecule has 0 amide bonds. The molecule has 3 aromatic carbocycles. The molecule has 4 N–H and O–H groups in total. The van der Waals surface area contributed by atoms with Crippen LogP contribution in [0.2, 0.25) is 0 Å². The van der Waals surface area contributed by atoms with Gasteiger partial charge in [-0.1, -0.05) is 12.1 Å². The molecule has 10 heteroatoms. The molecule has 0 saturated heterocycles. The molecular formula is C23H25ClFN3O4S. The zero-order valence-corrected chi connectivity index (χ0v) is 19.5. The van der Waals surface area contributed by atoms with Gasteiger partial charge < -0.3 is 20.1 Å². The number of rotatable bonds is 9. The lowest BCUT2D eigenvalue weighted by atomic mass is 10.1. The molecule has 1 heterocycles. The van der Waals surface area contributed by atoms with Crippen LogP contribution in [0.15, 0.2) is 60.7 Å². The number of anilines is 1. The predicted molar refractivity (Wildman–Crippen MR) is 131 cm³/mol. The van der Waals surface area contributed by atoms with Crippen molar-refractivity contribution >= 4 is 49.9 Å². The first-order chi connectivity index (χ1) is 15.3. The Morgan fingerprint density at radius 1 is 1.06 bits per heavy atom. The number of fused-ring (bicyclic) bond motifs is 3. The average Bonchev–Trinajstić information content (AvgIpc) is 3.08. The van der Waals surface area contributed by atoms with Gasteiger partial charge in [-0.3, -0.25) is 4.72 Å². The van der Waals surface area contributed by atoms with Gasteiger partial charge in [0.2, 0.25) is 10.0 Å². The molecular weight excluding hydrogens is 469 g/mol. The Bertz CT molecular complexity index is 1360. The van der Waals surface area contributed by atoms with Crippen LogP contribution in [-0.2, 0) is 10.0 Å². The summed E-state index contributed by atoms with van der Waals surface area (Å²) in [4.78, 5) is 3.20. The molecule has 0 fully saturated rings. The van der Waals surface area contributed by atoms with Crippen LogP contribution in [0.5, 0.6) is 5.75 Å². The minimum absolute atomic E-state index is 0. The number of aromatic amines is 1. The van der Waals surface area contributed by atoms with Crippen LogP contribution in [-0.4, -0.2) is 44.5 Å². The molecule has 0 saturated carbocycles. The van der Waals surface area contributed by atoms with Crippen LogP contribution in [0.1, 0.15) is 11.7 Å². The van der Waals surface area contributed by atoms with E-state index in [2.05, 4.69) is 15.0 Å². The molecule has 33 heavy (non-hydrogen) atoms. The number of H-pyrrole nitrogens is 1. The molecule has 0 aliphatic rings. The number of aliphatic hydroxyl groups is 1. The Kier molecular flexibility index (Phi) is 7.80. The number of sulfonamides is 1. The van der Waals surface area contributed by atoms with Crippen molar-refractivity contribution in [1.29, 1.82) is 0 Å². The monoisotopic (exact) mass is 493 g/mol. The lowest BCUT2D eigenvalue weighted by molar-refractivity contribution is 0.172. The highest BCUT2D eigenvalue weighted by Crippen LogP contribution is 2.28. The van der Waals surface area contributed by atoms with Crippen LogP contribution in [0, 0.1) is 5.82 Å². The highest BCUT2D eigenvalue weighted by atomic mass is 35.5. The zero-order valence-electron chi connectivity index (χ0n) is 17.8. The van der Waals surface area contributed by atoms with Crippen LogP contribution >= 0.6 is 12.4 Å². The largest absolute Gasteiger partial charge is 0.492 e. The van der Waals surface area contributed by atoms with Crippen LogP contribution < -0.4 is 14.8 Å². The molecule has 0 unspecified atom stereocenters. The highest BCUT2D eigenvalue weighted by molar-refractivity contribution is 7.92. The van der Waals surface area contributed by atoms with Crippen LogP contribution in [0.4, 0.5) is 10.1 Å². The van der Waals surface area contributed by atoms with Gasteiger partial charge in [0.05, 0.1) is 17.9 Å². The lowest BCUT2D eigenvalue weighted by Gasteiger charge is -2.14. The van der Waals surface area contributed by atoms with E-state index < -0.39 is 16.1 Å². The Hall–Kier alpha value is -2.85. The van der Waals surface area contributed by atoms with E-state index in [-0.39, 0.29) is 24.8 Å². The van der Waals surface area contributed by atoms with E-state index in [9.17, 15) is 17.9 Å². The quantitative estimate of drug-likeness (QED) is 0.264. The maximum atomic E-state index is 13.4. The van der Waals surface area contributed by atoms with E-state index in [0.717, 1.165) is 28.1 Å². The number of halogens is 2. The van der Waals surface area contributed by atoms with Crippen molar-refractivity contribution in [1.82, 2.24) is 10.3 Å². The van der Waals surface area contributed by atoms with E-state index in [0.29, 0.717) is 30.2 Å². The number of aliphatic hydroxyl groups excluding tert-OH is 1. The number of hydrogen-bond acceptors (Lipinski definition) is 5. The molecule has 0 radical (unpaired) electrons. The molecule has 4 rings (SSSR count). The SMILES string of the molecule is CS(=O)(=O)Nc1cccc([C@@H](O)CNCCOc2ccc3c(c2)[nH]c2cc(F)ccc23)c1.Cl. The predicted octanol–water partition coefficient (Wildman–Crippen LogP) is 3.96. The molecule has 7 nitrogen and oxygen atoms in total. The first-order valence-corrected chi connectivity index (χ1v) is 12.0. The number of benzene rings is 3. The van der Waals surface area contributed by atoms with Crippen molar-refractivity contribution in [2.24, 2.45) is 0 Å². The standard InChI is InChI=1S/C23H24FN3O4S.ClH/c1-32(29,30)27-17-4-2-3-15(11-17)23(28)14-25-9-10-31-18-6-8-20-19-7-5-16(24)12-21(19)26-22(20)13-18;/h2-8,11-13,23,25-28H,9-10,14H2,1H3;1H/t23-;/m0./s1. The molecule has 0 aliphatic carbocycles. The topological polar surface area (TPSA) is 103 Å². The highest BCUT2D eigenvalue weighted by Gasteiger charge is 2.10. The zero-order chi connectivity index (χ0) is 22.7. The van der Waals surface area contributed by atoms with Gasteiger partial charge in [-0.2, -0.15) is 0 Å². The molecule has 0 bridgehead atoms. The van der Waals surface area contributed by atoms with Gasteiger partial charge in [-0.05, 0) is 48.0 Å². The molecule has 1 atom stereocenters. The number of hydrogen-bond donors (Lipinski definition) is 4. The van der Waals surface area contributed by atoms with Gasteiger partial charge in [-0.15, -0.1) is 12.4 Å². The second kappa shape index (κ2) is 10.4. The Morgan fingerprint density at radius 2 is 1.79 bits per heavy atom. The van der Waals surface area contributed by atoms with Gasteiger partial charge in [0.1, 0.15) is 18.2 Å². The van der Waals surface area contributed by atoms with E-state index in [4.69, 9.17) is 4.74 Å². The fraction of sp³-hybridized carbons (Fsp3) is 0.217. The maximum absolute atomic E-state index is 13.4. The van der Waals surface area contributed by atoms with Crippen molar-refractivity contribution in [3.8, 4) is 5.75 Å². The first kappa shape index (κ1) is 24.8. The fourth-order valence-electron chi connectivity index (χ4n) is 3.57. The van der Waals surface area contributed by atoms with E-state index in [1.807, 2.05) is 18.2 Å². The minimum atomic E-state index is -3.38. The van der Waals surface area contributed by atoms with E-state index in [1.54, 1.807) is 30.3 Å². The second-order valence-corrected chi connectivity index (χ2v) is 9.34. The summed E-state index contributed by atoms with van der Waals surface area (Å²) in [6.45, 7) is 1.19. The van der Waals surface area contributed by atoms with Gasteiger partial charge in [0.25, 0.3) is 0 Å². The summed E-state index contributed by atoms with van der Waals surface area (Å²) in [5, 5.41) is 15.4. The van der Waals surface area contributed by atoms with Crippen molar-refractivity contribution < 1.29 is 22.7 Å². The smallest absolute Gasteiger partial charge is 0.229 e. The summed E-state index contributed by atoms with van der Waals surface area (Å²) in [6.07, 6.45) is 0.285. The van der Waals surface area contributed by atoms with Crippen LogP contribution in [0.3, 0.4) is 0 Å². The third-order valence-corrected chi connectivity index (χ3v) is 5.60. The second-order valence-electron chi connectivity index (χ2n) is 7.59. The fourth-order valence-corrected chi connectivity index (χ4v) is 4.13. The third kappa shape index (κ3) is 6.35. The molecule has 1 aromatic heterocycles. The molecule has 0 aliphatic heterocycles. The maximum Gasteiger partial charge on any atom is 0.229 e. The molecule has 4 aromatic rings. The summed E-state index contributed by atoms with van der Waals surface area (Å²) < 4.78 is 44.3. The number of nitrogens with one attached hydrogen (secondary N) is 3. The van der Waals surface area contributed by atoms with E-state index >= 15 is 0 Å². The first-order valence-electron chi connectivity index (χ1n) is 10.1. The van der Waals surface area contributed by atoms with Crippen molar-refractivity contribution in [3.63, 3.8) is 0 Å². The van der Waals surface area contributed by atoms with Gasteiger partial charge in [0.15, 0.2) is 0 Å². The Balaban J connectivity index is 0.00000306. The summed E-state index contributed by atoms with van der Waals surface area (Å²) in [5.41, 5.74) is 2.62. The van der Waals surface area contributed by atoms with Gasteiger partial charge in [0, 0.05) is 41.1 Å². The summed E-state index contributed by atoms with van der Waals surface area (Å²) in [5.74, 6) is 0.401. The molecule has 176 valence electrons. The summed E-state index contributed by atoms with van der Waals surface area (Å²) >= 11 is 0. The number of aromatic nitrogens is 1. The Labute approximate surface area is 197 Å². The van der Waals surface area contributed by atoms with E-state index in [1.165, 1.54) is 12.1 Å². The van der Waals surface area contributed by atoms with Gasteiger partial charge >= 0.3 is 0 Å². The third-order valence-electron chi connectivity index (χ3n) is 4.99. The number of ether oxygens (including phenoxy) is 1. The average molecular weight is 494 g/mol. The summed E-state index contributed by atoms with van der Waals surface area (Å²) in [6, 6.07) is 17.0. The Morgan fingerprint density at radius 3 is 2.55 bits per heavy atom. The van der Waals surface area contributed by atoms with Crippen molar-refractivity contribution in [2.45, 2.75) is 6.10 Å². The minimum Gasteiger partial charge on any atom is -0.492 e. The normalized spacial score (nSPS) is 12.5. The van der Waals surface area contributed by atoms with Crippen LogP contribution in [0.25, 0.3) is 21.8 Å². The van der Waals surface area contributed by atoms with Crippen molar-refractivity contribution in [3.05, 3.63) is 72.0 Å². The summed E-state index contributed by atoms with van der Waals surface area (Å²) in [7, 11) is -3.38. The van der Waals surface area contributed by atoms with Gasteiger partial charge in [-0.25, -0.2) is 12.8 Å². The lowest BCUT2D eigenvalue weighted by Crippen LogP contribution is -2.26. The molecule has 0 spiro atoms.